The molecule has 0 N–H and O–H groups in total. The summed E-state index contributed by atoms with van der Waals surface area (Å²) in [6.07, 6.45) is 7.86. The van der Waals surface area contributed by atoms with E-state index in [0.29, 0.717) is 61.8 Å². The molecule has 0 aliphatic carbocycles. The molecule has 0 radical (unpaired) electrons. The van der Waals surface area contributed by atoms with Crippen molar-refractivity contribution >= 4 is 88.3 Å². The number of rotatable bonds is 8. The summed E-state index contributed by atoms with van der Waals surface area (Å²) in [5, 5.41) is 7.94. The van der Waals surface area contributed by atoms with Gasteiger partial charge in [0, 0.05) is 139 Å². The summed E-state index contributed by atoms with van der Waals surface area (Å²) in [7, 11) is 7.87. The minimum absolute atomic E-state index is 0.337. The summed E-state index contributed by atoms with van der Waals surface area (Å²) in [5.74, 6) is -2.39. The summed E-state index contributed by atoms with van der Waals surface area (Å²) >= 11 is 0. The Morgan fingerprint density at radius 3 is 1.07 bits per heavy atom. The number of halogens is 4. The summed E-state index contributed by atoms with van der Waals surface area (Å²) in [6.45, 7) is 11.8. The molecule has 0 atom stereocenters. The minimum atomic E-state index is -2.10. The van der Waals surface area contributed by atoms with Gasteiger partial charge in [0.1, 0.15) is 51.5 Å². The van der Waals surface area contributed by atoms with Crippen molar-refractivity contribution in [2.75, 3.05) is 0 Å². The molecule has 0 aliphatic heterocycles. The van der Waals surface area contributed by atoms with Gasteiger partial charge in [0.25, 0.3) is 0 Å². The summed E-state index contributed by atoms with van der Waals surface area (Å²) in [6, 6.07) is 69.8. The monoisotopic (exact) mass is 1570 g/mol. The topological polar surface area (TPSA) is 120 Å². The second-order valence-corrected chi connectivity index (χ2v) is 30.2. The molecular formula is C102H84F4N8O4+4. The predicted octanol–water partition coefficient (Wildman–Crippen LogP) is 24.2. The van der Waals surface area contributed by atoms with Gasteiger partial charge < -0.3 is 17.7 Å². The van der Waals surface area contributed by atoms with Crippen molar-refractivity contribution in [3.8, 4) is 89.5 Å². The molecule has 12 aromatic heterocycles. The smallest absolute Gasteiger partial charge is 0.227 e. The average Bonchev–Trinajstić information content (AvgIpc) is 1.20. The molecule has 8 aromatic carbocycles. The molecule has 580 valence electrons. The third-order valence-corrected chi connectivity index (χ3v) is 21.9. The lowest BCUT2D eigenvalue weighted by molar-refractivity contribution is -0.660. The number of hydrogen-bond acceptors (Lipinski definition) is 8. The van der Waals surface area contributed by atoms with Crippen LogP contribution in [0.1, 0.15) is 64.4 Å². The highest BCUT2D eigenvalue weighted by Gasteiger charge is 2.30. The van der Waals surface area contributed by atoms with E-state index in [1.807, 2.05) is 207 Å². The third kappa shape index (κ3) is 14.3. The van der Waals surface area contributed by atoms with E-state index in [9.17, 15) is 17.6 Å². The largest absolute Gasteiger partial charge is 0.437 e. The molecule has 16 heteroatoms. The quantitative estimate of drug-likeness (QED) is 0.109. The molecule has 0 bridgehead atoms. The molecule has 0 unspecified atom stereocenters. The zero-order valence-corrected chi connectivity index (χ0v) is 67.0. The third-order valence-electron chi connectivity index (χ3n) is 21.9. The van der Waals surface area contributed by atoms with Gasteiger partial charge in [-0.05, 0) is 199 Å². The van der Waals surface area contributed by atoms with E-state index < -0.39 is 37.0 Å². The van der Waals surface area contributed by atoms with E-state index in [1.54, 1.807) is 24.3 Å². The highest BCUT2D eigenvalue weighted by atomic mass is 19.1. The van der Waals surface area contributed by atoms with Crippen LogP contribution in [0.15, 0.2) is 273 Å². The highest BCUT2D eigenvalue weighted by molar-refractivity contribution is 6.12. The second kappa shape index (κ2) is 30.9. The number of aromatic nitrogens is 8. The molecule has 0 saturated heterocycles. The normalized spacial score (nSPS) is 12.4. The van der Waals surface area contributed by atoms with E-state index in [-0.39, 0.29) is 0 Å². The van der Waals surface area contributed by atoms with E-state index in [2.05, 4.69) is 110 Å². The van der Waals surface area contributed by atoms with Crippen LogP contribution >= 0.6 is 0 Å². The fourth-order valence-electron chi connectivity index (χ4n) is 15.8. The van der Waals surface area contributed by atoms with Gasteiger partial charge in [-0.15, -0.1) is 0 Å². The van der Waals surface area contributed by atoms with Crippen LogP contribution in [0, 0.1) is 92.4 Å². The Bertz CT molecular complexity index is 7690. The van der Waals surface area contributed by atoms with Crippen LogP contribution in [0.3, 0.4) is 0 Å². The second-order valence-electron chi connectivity index (χ2n) is 30.2. The van der Waals surface area contributed by atoms with E-state index in [1.165, 1.54) is 24.3 Å². The van der Waals surface area contributed by atoms with Gasteiger partial charge in [-0.25, -0.2) is 55.8 Å². The zero-order chi connectivity index (χ0) is 87.2. The lowest BCUT2D eigenvalue weighted by Gasteiger charge is -2.11. The van der Waals surface area contributed by atoms with Gasteiger partial charge in [-0.2, -0.15) is 0 Å². The van der Waals surface area contributed by atoms with Gasteiger partial charge in [-0.1, -0.05) is 108 Å². The Hall–Kier alpha value is -14.1. The van der Waals surface area contributed by atoms with Crippen LogP contribution in [0.2, 0.25) is 0 Å². The van der Waals surface area contributed by atoms with Crippen LogP contribution in [0.5, 0.6) is 0 Å². The zero-order valence-electron chi connectivity index (χ0n) is 73.0. The van der Waals surface area contributed by atoms with Gasteiger partial charge >= 0.3 is 0 Å². The maximum atomic E-state index is 14.7. The number of hydrogen-bond donors (Lipinski definition) is 0. The first-order valence-electron chi connectivity index (χ1n) is 41.6. The SMILES string of the molecule is Cc1ccc2c(n1)oc1c(-c3c(-c4ccc(F)cc4F)ccc[n+]3C)c(C)ccc12.Cc1ccc2c(n1)oc1c(-c3cc(-c4ccc(F)cc4F)cc[n+]3C)c(C)ccc12.[2H]C([2H])([2H])c1ccc(-c2cc[n+](C)c(-c3c(C)ccc4c3oc3nc(C)ccc34)c2)cc1.[2H]C([2H])([2H])c1ccc(-c2ccc(-c3c(C)ccc4c3oc3nc(C)ccc34)[n+](C)c2)cc1. The fourth-order valence-corrected chi connectivity index (χ4v) is 15.8. The lowest BCUT2D eigenvalue weighted by atomic mass is 9.94. The van der Waals surface area contributed by atoms with Crippen molar-refractivity contribution in [1.82, 2.24) is 19.9 Å². The molecule has 0 aliphatic rings. The molecule has 0 saturated carbocycles. The van der Waals surface area contributed by atoms with Crippen molar-refractivity contribution < 1.29 is 61.7 Å². The number of aryl methyl sites for hydroxylation is 14. The summed E-state index contributed by atoms with van der Waals surface area (Å²) in [4.78, 5) is 18.2. The van der Waals surface area contributed by atoms with E-state index >= 15 is 0 Å². The van der Waals surface area contributed by atoms with Crippen LogP contribution in [-0.2, 0) is 28.2 Å². The Kier molecular flexibility index (Phi) is 18.2. The van der Waals surface area contributed by atoms with Crippen molar-refractivity contribution in [2.24, 2.45) is 28.2 Å². The molecule has 12 nitrogen and oxygen atoms in total. The molecule has 20 aromatic rings. The van der Waals surface area contributed by atoms with Gasteiger partial charge in [0.2, 0.25) is 45.6 Å². The Labute approximate surface area is 688 Å². The maximum absolute atomic E-state index is 14.7. The van der Waals surface area contributed by atoms with Crippen LogP contribution in [0.4, 0.5) is 17.6 Å². The van der Waals surface area contributed by atoms with Crippen LogP contribution < -0.4 is 18.3 Å². The summed E-state index contributed by atoms with van der Waals surface area (Å²) < 4.78 is 134. The Morgan fingerprint density at radius 1 is 0.288 bits per heavy atom. The number of pyridine rings is 8. The van der Waals surface area contributed by atoms with Crippen molar-refractivity contribution in [3.63, 3.8) is 0 Å². The van der Waals surface area contributed by atoms with Crippen LogP contribution in [0.25, 0.3) is 178 Å². The summed E-state index contributed by atoms with van der Waals surface area (Å²) in [5.41, 5.74) is 27.7. The molecule has 0 spiro atoms. The van der Waals surface area contributed by atoms with Crippen molar-refractivity contribution in [2.45, 2.75) is 69.1 Å². The fraction of sp³-hybridized carbons (Fsp3) is 0.137. The van der Waals surface area contributed by atoms with E-state index in [0.717, 1.165) is 184 Å². The maximum Gasteiger partial charge on any atom is 0.227 e. The number of fused-ring (bicyclic) bond motifs is 12. The standard InChI is InChI=1S/2C26H23N2O.2C25H19F2N2O/c1-16-5-9-19(10-6-16)20-11-14-23(28(4)15-20)24-17(2)7-12-21-22-13-8-18(3)27-26(22)29-25(21)24;1-16-5-9-19(10-6-16)20-13-14-28(4)23(15-20)24-17(2)7-11-21-22-12-8-18(3)27-26(22)29-25(21)24;1-14-4-7-19-20-8-5-15(2)28-25(20)30-24(19)23(14)22-12-16(10-11-29(22)3)18-9-6-17(26)13-21(18)27;1-14-6-9-19-20-10-7-15(2)28-25(20)30-24(19)22(14)23-18(5-4-12-29(23)3)17-11-8-16(26)13-21(17)27/h2*5-15H,1-4H3;2*4-13H,1-3H3/q4*+1/i2*1D3;;. The van der Waals surface area contributed by atoms with Gasteiger partial charge in [0.15, 0.2) is 47.1 Å². The van der Waals surface area contributed by atoms with E-state index in [4.69, 9.17) is 25.9 Å². The molecule has 118 heavy (non-hydrogen) atoms. The first-order chi connectivity index (χ1) is 59.3. The minimum Gasteiger partial charge on any atom is -0.437 e. The first kappa shape index (κ1) is 69.4. The predicted molar refractivity (Wildman–Crippen MR) is 461 cm³/mol. The average molecular weight is 1570 g/mol. The lowest BCUT2D eigenvalue weighted by Crippen LogP contribution is -2.31. The Balaban J connectivity index is 0.000000117. The number of furan rings is 4. The highest BCUT2D eigenvalue weighted by Crippen LogP contribution is 2.44. The Morgan fingerprint density at radius 2 is 0.653 bits per heavy atom. The van der Waals surface area contributed by atoms with Gasteiger partial charge in [0.05, 0.1) is 27.8 Å². The number of benzene rings is 8. The van der Waals surface area contributed by atoms with Crippen LogP contribution in [-0.4, -0.2) is 19.9 Å². The molecule has 0 amide bonds. The van der Waals surface area contributed by atoms with Crippen molar-refractivity contribution in [3.05, 3.63) is 335 Å². The molecule has 12 heterocycles. The van der Waals surface area contributed by atoms with Gasteiger partial charge in [-0.3, -0.25) is 0 Å². The number of nitrogens with zero attached hydrogens (tertiary/aromatic N) is 8. The van der Waals surface area contributed by atoms with Crippen molar-refractivity contribution in [1.29, 1.82) is 0 Å². The molecule has 0 fully saturated rings. The molecule has 20 rings (SSSR count). The molecular weight excluding hydrogens is 1480 g/mol. The first-order valence-corrected chi connectivity index (χ1v) is 38.6.